The van der Waals surface area contributed by atoms with E-state index in [4.69, 9.17) is 10.5 Å². The number of halogens is 1. The predicted molar refractivity (Wildman–Crippen MR) is 94.3 cm³/mol. The van der Waals surface area contributed by atoms with Crippen LogP contribution >= 0.6 is 0 Å². The number of pyridine rings is 1. The Kier molecular flexibility index (Phi) is 4.61. The second-order valence-electron chi connectivity index (χ2n) is 5.40. The van der Waals surface area contributed by atoms with Crippen LogP contribution in [0.3, 0.4) is 0 Å². The van der Waals surface area contributed by atoms with Crippen molar-refractivity contribution in [2.24, 2.45) is 0 Å². The number of ether oxygens (including phenoxy) is 1. The zero-order chi connectivity index (χ0) is 17.8. The first-order valence-corrected chi connectivity index (χ1v) is 7.60. The van der Waals surface area contributed by atoms with Crippen LogP contribution in [0.4, 0.5) is 15.9 Å². The number of carbonyl (C=O) groups excluding carboxylic acids is 1. The number of aryl methyl sites for hydroxylation is 1. The minimum Gasteiger partial charge on any atom is -0.454 e. The van der Waals surface area contributed by atoms with Gasteiger partial charge in [0.1, 0.15) is 11.6 Å². The van der Waals surface area contributed by atoms with Crippen LogP contribution in [0.5, 0.6) is 11.5 Å². The Morgan fingerprint density at radius 1 is 1.12 bits per heavy atom. The van der Waals surface area contributed by atoms with E-state index in [0.717, 1.165) is 5.69 Å². The molecule has 25 heavy (non-hydrogen) atoms. The molecule has 0 aliphatic rings. The number of carbonyl (C=O) groups is 1. The van der Waals surface area contributed by atoms with Crippen molar-refractivity contribution in [3.63, 3.8) is 0 Å². The third-order valence-electron chi connectivity index (χ3n) is 3.46. The van der Waals surface area contributed by atoms with E-state index in [1.165, 1.54) is 12.1 Å². The van der Waals surface area contributed by atoms with Crippen molar-refractivity contribution in [2.75, 3.05) is 11.1 Å². The number of aromatic nitrogens is 1. The third-order valence-corrected chi connectivity index (χ3v) is 3.46. The van der Waals surface area contributed by atoms with E-state index < -0.39 is 5.82 Å². The highest BCUT2D eigenvalue weighted by atomic mass is 19.1. The molecule has 0 saturated carbocycles. The topological polar surface area (TPSA) is 77.2 Å². The van der Waals surface area contributed by atoms with Gasteiger partial charge in [-0.05, 0) is 43.3 Å². The molecule has 0 radical (unpaired) electrons. The number of hydrogen-bond acceptors (Lipinski definition) is 4. The average Bonchev–Trinajstić information content (AvgIpc) is 2.57. The van der Waals surface area contributed by atoms with Gasteiger partial charge in [-0.3, -0.25) is 4.79 Å². The van der Waals surface area contributed by atoms with Gasteiger partial charge in [-0.25, -0.2) is 9.37 Å². The number of nitrogens with zero attached hydrogens (tertiary/aromatic N) is 1. The van der Waals surface area contributed by atoms with Crippen molar-refractivity contribution in [1.82, 2.24) is 4.98 Å². The van der Waals surface area contributed by atoms with Gasteiger partial charge in [0.2, 0.25) is 0 Å². The number of benzene rings is 2. The van der Waals surface area contributed by atoms with Gasteiger partial charge < -0.3 is 15.8 Å². The smallest absolute Gasteiger partial charge is 0.259 e. The van der Waals surface area contributed by atoms with Gasteiger partial charge in [0.25, 0.3) is 5.91 Å². The summed E-state index contributed by atoms with van der Waals surface area (Å²) in [7, 11) is 0. The second-order valence-corrected chi connectivity index (χ2v) is 5.40. The molecule has 0 atom stereocenters. The average molecular weight is 337 g/mol. The molecule has 5 nitrogen and oxygen atoms in total. The van der Waals surface area contributed by atoms with Gasteiger partial charge in [-0.1, -0.05) is 18.2 Å². The second kappa shape index (κ2) is 7.00. The van der Waals surface area contributed by atoms with Crippen molar-refractivity contribution in [3.05, 3.63) is 77.7 Å². The molecule has 0 saturated heterocycles. The lowest BCUT2D eigenvalue weighted by atomic mass is 10.2. The summed E-state index contributed by atoms with van der Waals surface area (Å²) in [4.78, 5) is 16.4. The molecule has 0 spiro atoms. The number of nitrogens with two attached hydrogens (primary N) is 1. The van der Waals surface area contributed by atoms with Crippen molar-refractivity contribution in [1.29, 1.82) is 0 Å². The summed E-state index contributed by atoms with van der Waals surface area (Å²) in [5.41, 5.74) is 7.30. The molecule has 126 valence electrons. The largest absolute Gasteiger partial charge is 0.454 e. The van der Waals surface area contributed by atoms with Crippen molar-refractivity contribution < 1.29 is 13.9 Å². The van der Waals surface area contributed by atoms with E-state index in [9.17, 15) is 9.18 Å². The maximum atomic E-state index is 13.7. The number of nitrogens with one attached hydrogen (secondary N) is 1. The number of nitrogen functional groups attached to an aromatic ring is 1. The van der Waals surface area contributed by atoms with Gasteiger partial charge >= 0.3 is 0 Å². The van der Waals surface area contributed by atoms with Crippen LogP contribution in [-0.2, 0) is 0 Å². The van der Waals surface area contributed by atoms with E-state index in [-0.39, 0.29) is 23.0 Å². The molecule has 3 rings (SSSR count). The summed E-state index contributed by atoms with van der Waals surface area (Å²) < 4.78 is 19.2. The van der Waals surface area contributed by atoms with Gasteiger partial charge in [-0.15, -0.1) is 0 Å². The van der Waals surface area contributed by atoms with Crippen molar-refractivity contribution >= 4 is 17.4 Å². The lowest BCUT2D eigenvalue weighted by molar-refractivity contribution is 0.102. The molecular formula is C19H16FN3O2. The Bertz CT molecular complexity index is 928. The molecule has 1 heterocycles. The van der Waals surface area contributed by atoms with Crippen LogP contribution < -0.4 is 15.8 Å². The highest BCUT2D eigenvalue weighted by Crippen LogP contribution is 2.26. The molecule has 1 aromatic heterocycles. The molecular weight excluding hydrogens is 321 g/mol. The van der Waals surface area contributed by atoms with Crippen LogP contribution in [0.15, 0.2) is 60.7 Å². The number of amides is 1. The number of hydrogen-bond donors (Lipinski definition) is 2. The molecule has 6 heteroatoms. The first-order chi connectivity index (χ1) is 12.0. The third kappa shape index (κ3) is 3.92. The van der Waals surface area contributed by atoms with E-state index in [0.29, 0.717) is 11.4 Å². The Morgan fingerprint density at radius 2 is 1.92 bits per heavy atom. The lowest BCUT2D eigenvalue weighted by Crippen LogP contribution is -2.15. The van der Waals surface area contributed by atoms with Crippen LogP contribution in [0.1, 0.15) is 16.1 Å². The summed E-state index contributed by atoms with van der Waals surface area (Å²) in [5.74, 6) is -0.171. The first kappa shape index (κ1) is 16.4. The normalized spacial score (nSPS) is 10.3. The standard InChI is InChI=1S/C19H16FN3O2/c1-12-9-10-15(18(21)22-12)19(24)23-13-5-4-6-14(11-13)25-17-8-3-2-7-16(17)20/h2-11H,1H3,(H2,21,22)(H,23,24). The quantitative estimate of drug-likeness (QED) is 0.749. The highest BCUT2D eigenvalue weighted by molar-refractivity contribution is 6.07. The van der Waals surface area contributed by atoms with Crippen molar-refractivity contribution in [2.45, 2.75) is 6.92 Å². The number of anilines is 2. The molecule has 3 N–H and O–H groups in total. The lowest BCUT2D eigenvalue weighted by Gasteiger charge is -2.10. The van der Waals surface area contributed by atoms with E-state index in [2.05, 4.69) is 10.3 Å². The molecule has 1 amide bonds. The summed E-state index contributed by atoms with van der Waals surface area (Å²) in [6, 6.07) is 16.1. The molecule has 2 aromatic carbocycles. The zero-order valence-corrected chi connectivity index (χ0v) is 13.5. The first-order valence-electron chi connectivity index (χ1n) is 7.60. The summed E-state index contributed by atoms with van der Waals surface area (Å²) in [5, 5.41) is 2.73. The summed E-state index contributed by atoms with van der Waals surface area (Å²) >= 11 is 0. The Balaban J connectivity index is 1.77. The van der Waals surface area contributed by atoms with Gasteiger partial charge in [0, 0.05) is 17.4 Å². The maximum absolute atomic E-state index is 13.7. The molecule has 0 aliphatic heterocycles. The van der Waals surface area contributed by atoms with E-state index >= 15 is 0 Å². The Morgan fingerprint density at radius 3 is 2.68 bits per heavy atom. The fraction of sp³-hybridized carbons (Fsp3) is 0.0526. The highest BCUT2D eigenvalue weighted by Gasteiger charge is 2.12. The van der Waals surface area contributed by atoms with Gasteiger partial charge in [-0.2, -0.15) is 0 Å². The molecule has 0 bridgehead atoms. The summed E-state index contributed by atoms with van der Waals surface area (Å²) in [6.07, 6.45) is 0. The molecule has 0 fully saturated rings. The van der Waals surface area contributed by atoms with Crippen LogP contribution in [0.25, 0.3) is 0 Å². The zero-order valence-electron chi connectivity index (χ0n) is 13.5. The predicted octanol–water partition coefficient (Wildman–Crippen LogP) is 4.16. The number of rotatable bonds is 4. The van der Waals surface area contributed by atoms with E-state index in [1.54, 1.807) is 55.5 Å². The van der Waals surface area contributed by atoms with Crippen molar-refractivity contribution in [3.8, 4) is 11.5 Å². The Labute approximate surface area is 144 Å². The molecule has 0 unspecified atom stereocenters. The van der Waals surface area contributed by atoms with Gasteiger partial charge in [0.05, 0.1) is 5.56 Å². The van der Waals surface area contributed by atoms with Crippen LogP contribution in [-0.4, -0.2) is 10.9 Å². The van der Waals surface area contributed by atoms with Crippen LogP contribution in [0, 0.1) is 12.7 Å². The van der Waals surface area contributed by atoms with Gasteiger partial charge in [0.15, 0.2) is 11.6 Å². The fourth-order valence-corrected chi connectivity index (χ4v) is 2.26. The van der Waals surface area contributed by atoms with E-state index in [1.807, 2.05) is 0 Å². The maximum Gasteiger partial charge on any atom is 0.259 e. The summed E-state index contributed by atoms with van der Waals surface area (Å²) in [6.45, 7) is 1.79. The molecule has 0 aliphatic carbocycles. The molecule has 3 aromatic rings. The minimum atomic E-state index is -0.463. The monoisotopic (exact) mass is 337 g/mol. The van der Waals surface area contributed by atoms with Crippen LogP contribution in [0.2, 0.25) is 0 Å². The minimum absolute atomic E-state index is 0.109. The number of para-hydroxylation sites is 1. The fourth-order valence-electron chi connectivity index (χ4n) is 2.26. The SMILES string of the molecule is Cc1ccc(C(=O)Nc2cccc(Oc3ccccc3F)c2)c(N)n1. The Hall–Kier alpha value is -3.41.